The zero-order chi connectivity index (χ0) is 10.7. The van der Waals surface area contributed by atoms with Gasteiger partial charge in [-0.1, -0.05) is 31.9 Å². The summed E-state index contributed by atoms with van der Waals surface area (Å²) in [7, 11) is 0. The molecule has 0 radical (unpaired) electrons. The van der Waals surface area contributed by atoms with Crippen LogP contribution in [0.3, 0.4) is 0 Å². The predicted octanol–water partition coefficient (Wildman–Crippen LogP) is 4.14. The number of thioether (sulfide) groups is 1. The van der Waals surface area contributed by atoms with Crippen LogP contribution in [0.1, 0.15) is 17.3 Å². The Balaban J connectivity index is 3.06. The Morgan fingerprint density at radius 2 is 2.14 bits per heavy atom. The van der Waals surface area contributed by atoms with Gasteiger partial charge in [0.05, 0.1) is 4.83 Å². The molecule has 0 bridgehead atoms. The molecule has 14 heavy (non-hydrogen) atoms. The molecule has 4 heteroatoms. The van der Waals surface area contributed by atoms with E-state index in [4.69, 9.17) is 0 Å². The maximum Gasteiger partial charge on any atom is 0.177 e. The molecule has 1 atom stereocenters. The average molecular weight is 338 g/mol. The molecule has 1 unspecified atom stereocenters. The van der Waals surface area contributed by atoms with Crippen molar-refractivity contribution in [2.75, 3.05) is 6.26 Å². The summed E-state index contributed by atoms with van der Waals surface area (Å²) in [5.41, 5.74) is 0.729. The minimum atomic E-state index is -0.140. The van der Waals surface area contributed by atoms with Gasteiger partial charge >= 0.3 is 0 Å². The summed E-state index contributed by atoms with van der Waals surface area (Å²) >= 11 is 8.33. The Hall–Kier alpha value is 0.200. The summed E-state index contributed by atoms with van der Waals surface area (Å²) in [4.78, 5) is 12.7. The second-order valence-electron chi connectivity index (χ2n) is 2.83. The summed E-state index contributed by atoms with van der Waals surface area (Å²) in [5, 5.41) is 0. The van der Waals surface area contributed by atoms with Gasteiger partial charge in [0.25, 0.3) is 0 Å². The molecule has 0 aliphatic rings. The lowest BCUT2D eigenvalue weighted by molar-refractivity contribution is 0.0995. The third kappa shape index (κ3) is 2.84. The van der Waals surface area contributed by atoms with E-state index in [9.17, 15) is 4.79 Å². The van der Waals surface area contributed by atoms with Gasteiger partial charge in [-0.15, -0.1) is 11.8 Å². The largest absolute Gasteiger partial charge is 0.293 e. The first kappa shape index (κ1) is 12.3. The van der Waals surface area contributed by atoms with Crippen molar-refractivity contribution in [2.45, 2.75) is 16.6 Å². The second kappa shape index (κ2) is 5.33. The number of carbonyl (C=O) groups excluding carboxylic acids is 1. The van der Waals surface area contributed by atoms with Gasteiger partial charge in [-0.25, -0.2) is 0 Å². The molecule has 0 aliphatic heterocycles. The molecule has 0 saturated carbocycles. The lowest BCUT2D eigenvalue weighted by Gasteiger charge is -2.06. The van der Waals surface area contributed by atoms with Crippen LogP contribution >= 0.6 is 43.6 Å². The van der Waals surface area contributed by atoms with Gasteiger partial charge in [0, 0.05) is 14.9 Å². The quantitative estimate of drug-likeness (QED) is 0.468. The molecule has 0 fully saturated rings. The molecular formula is C10H10Br2OS. The molecule has 0 aromatic heterocycles. The third-order valence-electron chi connectivity index (χ3n) is 1.80. The highest BCUT2D eigenvalue weighted by atomic mass is 79.9. The minimum Gasteiger partial charge on any atom is -0.293 e. The van der Waals surface area contributed by atoms with Crippen molar-refractivity contribution in [3.8, 4) is 0 Å². The van der Waals surface area contributed by atoms with Crippen LogP contribution in [0.25, 0.3) is 0 Å². The lowest BCUT2D eigenvalue weighted by Crippen LogP contribution is -2.10. The topological polar surface area (TPSA) is 17.1 Å². The summed E-state index contributed by atoms with van der Waals surface area (Å²) in [6.07, 6.45) is 2.01. The first-order valence-corrected chi connectivity index (χ1v) is 7.01. The smallest absolute Gasteiger partial charge is 0.177 e. The molecule has 0 spiro atoms. The number of hydrogen-bond donors (Lipinski definition) is 0. The first-order chi connectivity index (χ1) is 6.56. The van der Waals surface area contributed by atoms with Gasteiger partial charge in [0.2, 0.25) is 0 Å². The second-order valence-corrected chi connectivity index (χ2v) is 5.93. The monoisotopic (exact) mass is 336 g/mol. The first-order valence-electron chi connectivity index (χ1n) is 4.08. The van der Waals surface area contributed by atoms with Gasteiger partial charge in [0.1, 0.15) is 0 Å². The Kier molecular flexibility index (Phi) is 4.67. The molecule has 1 rings (SSSR count). The normalized spacial score (nSPS) is 12.6. The fourth-order valence-corrected chi connectivity index (χ4v) is 2.45. The van der Waals surface area contributed by atoms with E-state index in [-0.39, 0.29) is 10.6 Å². The molecule has 1 aromatic rings. The number of carbonyl (C=O) groups is 1. The Morgan fingerprint density at radius 3 is 2.57 bits per heavy atom. The molecule has 0 saturated heterocycles. The number of hydrogen-bond acceptors (Lipinski definition) is 2. The van der Waals surface area contributed by atoms with Crippen molar-refractivity contribution in [1.82, 2.24) is 0 Å². The van der Waals surface area contributed by atoms with E-state index in [1.807, 2.05) is 31.4 Å². The van der Waals surface area contributed by atoms with Crippen molar-refractivity contribution < 1.29 is 4.79 Å². The van der Waals surface area contributed by atoms with E-state index in [0.29, 0.717) is 0 Å². The van der Waals surface area contributed by atoms with Crippen molar-refractivity contribution >= 4 is 49.4 Å². The Bertz CT molecular complexity index is 350. The van der Waals surface area contributed by atoms with Crippen molar-refractivity contribution in [1.29, 1.82) is 0 Å². The minimum absolute atomic E-state index is 0.101. The standard InChI is InChI=1S/C10H10Br2OS/c1-6(11)10(13)8-4-3-7(14-2)5-9(8)12/h3-6H,1-2H3. The zero-order valence-corrected chi connectivity index (χ0v) is 11.9. The number of Topliss-reactive ketones (excluding diaryl/α,β-unsaturated/α-hetero) is 1. The molecule has 1 nitrogen and oxygen atoms in total. The SMILES string of the molecule is CSc1ccc(C(=O)C(C)Br)c(Br)c1. The number of alkyl halides is 1. The Labute approximate surface area is 105 Å². The lowest BCUT2D eigenvalue weighted by atomic mass is 10.1. The molecule has 0 amide bonds. The third-order valence-corrected chi connectivity index (χ3v) is 3.60. The van der Waals surface area contributed by atoms with Gasteiger partial charge in [-0.3, -0.25) is 4.79 Å². The van der Waals surface area contributed by atoms with Crippen LogP contribution in [-0.4, -0.2) is 16.9 Å². The number of benzene rings is 1. The van der Waals surface area contributed by atoms with Crippen LogP contribution in [0, 0.1) is 0 Å². The highest BCUT2D eigenvalue weighted by Gasteiger charge is 2.14. The highest BCUT2D eigenvalue weighted by Crippen LogP contribution is 2.25. The van der Waals surface area contributed by atoms with Crippen LogP contribution < -0.4 is 0 Å². The van der Waals surface area contributed by atoms with E-state index in [1.165, 1.54) is 0 Å². The van der Waals surface area contributed by atoms with Crippen LogP contribution in [0.15, 0.2) is 27.6 Å². The van der Waals surface area contributed by atoms with Crippen LogP contribution in [0.5, 0.6) is 0 Å². The van der Waals surface area contributed by atoms with E-state index in [2.05, 4.69) is 31.9 Å². The zero-order valence-electron chi connectivity index (χ0n) is 7.88. The molecule has 0 N–H and O–H groups in total. The van der Waals surface area contributed by atoms with Crippen molar-refractivity contribution in [3.63, 3.8) is 0 Å². The molecular weight excluding hydrogens is 328 g/mol. The van der Waals surface area contributed by atoms with E-state index >= 15 is 0 Å². The fraction of sp³-hybridized carbons (Fsp3) is 0.300. The molecule has 76 valence electrons. The summed E-state index contributed by atoms with van der Waals surface area (Å²) < 4.78 is 0.862. The molecule has 0 heterocycles. The van der Waals surface area contributed by atoms with Crippen molar-refractivity contribution in [3.05, 3.63) is 28.2 Å². The molecule has 1 aromatic carbocycles. The number of halogens is 2. The average Bonchev–Trinajstić information content (AvgIpc) is 2.16. The maximum atomic E-state index is 11.7. The predicted molar refractivity (Wildman–Crippen MR) is 68.6 cm³/mol. The Morgan fingerprint density at radius 1 is 1.50 bits per heavy atom. The van der Waals surface area contributed by atoms with E-state index < -0.39 is 0 Å². The van der Waals surface area contributed by atoms with Crippen LogP contribution in [0.4, 0.5) is 0 Å². The van der Waals surface area contributed by atoms with Gasteiger partial charge in [-0.05, 0) is 31.4 Å². The molecule has 0 aliphatic carbocycles. The number of rotatable bonds is 3. The number of ketones is 1. The van der Waals surface area contributed by atoms with Gasteiger partial charge in [-0.2, -0.15) is 0 Å². The fourth-order valence-electron chi connectivity index (χ4n) is 1.04. The highest BCUT2D eigenvalue weighted by molar-refractivity contribution is 9.10. The van der Waals surface area contributed by atoms with Crippen molar-refractivity contribution in [2.24, 2.45) is 0 Å². The summed E-state index contributed by atoms with van der Waals surface area (Å²) in [5.74, 6) is 0.101. The van der Waals surface area contributed by atoms with Crippen LogP contribution in [0.2, 0.25) is 0 Å². The van der Waals surface area contributed by atoms with Gasteiger partial charge < -0.3 is 0 Å². The van der Waals surface area contributed by atoms with E-state index in [1.54, 1.807) is 11.8 Å². The van der Waals surface area contributed by atoms with E-state index in [0.717, 1.165) is 14.9 Å². The van der Waals surface area contributed by atoms with Gasteiger partial charge in [0.15, 0.2) is 5.78 Å². The summed E-state index contributed by atoms with van der Waals surface area (Å²) in [6, 6.07) is 5.78. The summed E-state index contributed by atoms with van der Waals surface area (Å²) in [6.45, 7) is 1.83. The van der Waals surface area contributed by atoms with Crippen LogP contribution in [-0.2, 0) is 0 Å². The maximum absolute atomic E-state index is 11.7.